The second kappa shape index (κ2) is 5.37. The monoisotopic (exact) mass is 284 g/mol. The minimum Gasteiger partial charge on any atom is -0.311 e. The van der Waals surface area contributed by atoms with Gasteiger partial charge in [-0.1, -0.05) is 0 Å². The van der Waals surface area contributed by atoms with Crippen LogP contribution in [0, 0.1) is 17.5 Å². The van der Waals surface area contributed by atoms with Crippen LogP contribution in [0.3, 0.4) is 0 Å². The van der Waals surface area contributed by atoms with E-state index >= 15 is 0 Å². The minimum atomic E-state index is -1.13. The third-order valence-corrected chi connectivity index (χ3v) is 4.58. The van der Waals surface area contributed by atoms with Crippen LogP contribution in [0.1, 0.15) is 31.2 Å². The summed E-state index contributed by atoms with van der Waals surface area (Å²) in [5.74, 6) is -2.79. The first-order valence-electron chi connectivity index (χ1n) is 7.12. The lowest BCUT2D eigenvalue weighted by Crippen LogP contribution is -2.46. The average Bonchev–Trinajstić information content (AvgIpc) is 2.74. The average molecular weight is 284 g/mol. The molecule has 0 aliphatic carbocycles. The van der Waals surface area contributed by atoms with Crippen LogP contribution in [0.15, 0.2) is 12.1 Å². The topological polar surface area (TPSA) is 15.3 Å². The maximum atomic E-state index is 13.7. The first-order chi connectivity index (χ1) is 9.52. The van der Waals surface area contributed by atoms with Gasteiger partial charge in [-0.05, 0) is 38.8 Å². The van der Waals surface area contributed by atoms with Gasteiger partial charge in [0.05, 0.1) is 0 Å². The van der Waals surface area contributed by atoms with Crippen molar-refractivity contribution in [2.75, 3.05) is 7.05 Å². The highest BCUT2D eigenvalue weighted by molar-refractivity contribution is 5.20. The van der Waals surface area contributed by atoms with E-state index in [9.17, 15) is 13.2 Å². The molecule has 110 valence electrons. The summed E-state index contributed by atoms with van der Waals surface area (Å²) in [6, 6.07) is 3.08. The van der Waals surface area contributed by atoms with E-state index in [0.717, 1.165) is 18.9 Å². The zero-order valence-electron chi connectivity index (χ0n) is 11.5. The molecule has 2 heterocycles. The van der Waals surface area contributed by atoms with Crippen molar-refractivity contribution in [2.45, 2.75) is 50.4 Å². The Morgan fingerprint density at radius 2 is 1.65 bits per heavy atom. The Bertz CT molecular complexity index is 494. The quantitative estimate of drug-likeness (QED) is 0.859. The van der Waals surface area contributed by atoms with Gasteiger partial charge >= 0.3 is 0 Å². The number of benzene rings is 1. The van der Waals surface area contributed by atoms with E-state index in [2.05, 4.69) is 10.2 Å². The highest BCUT2D eigenvalue weighted by Crippen LogP contribution is 2.30. The summed E-state index contributed by atoms with van der Waals surface area (Å²) < 4.78 is 39.8. The van der Waals surface area contributed by atoms with Crippen molar-refractivity contribution in [3.05, 3.63) is 35.1 Å². The molecule has 1 N–H and O–H groups in total. The van der Waals surface area contributed by atoms with Crippen molar-refractivity contribution >= 4 is 0 Å². The molecule has 1 aromatic carbocycles. The Labute approximate surface area is 117 Å². The molecular formula is C15H19F3N2. The Morgan fingerprint density at radius 1 is 1.05 bits per heavy atom. The lowest BCUT2D eigenvalue weighted by Gasteiger charge is -2.35. The van der Waals surface area contributed by atoms with Crippen LogP contribution < -0.4 is 5.32 Å². The number of hydrogen-bond donors (Lipinski definition) is 1. The van der Waals surface area contributed by atoms with Crippen molar-refractivity contribution in [3.8, 4) is 0 Å². The molecule has 2 fully saturated rings. The molecule has 2 aliphatic rings. The zero-order valence-corrected chi connectivity index (χ0v) is 11.5. The van der Waals surface area contributed by atoms with Gasteiger partial charge in [0.25, 0.3) is 0 Å². The molecule has 2 unspecified atom stereocenters. The largest absolute Gasteiger partial charge is 0.311 e. The maximum Gasteiger partial charge on any atom is 0.161 e. The second-order valence-corrected chi connectivity index (χ2v) is 6.04. The van der Waals surface area contributed by atoms with E-state index in [1.54, 1.807) is 0 Å². The number of nitrogens with zero attached hydrogens (tertiary/aromatic N) is 1. The SMILES string of the molecule is CN(Cc1cc(F)c(F)cc1F)C1CC2CCC(C1)N2. The third-order valence-electron chi connectivity index (χ3n) is 4.58. The van der Waals surface area contributed by atoms with E-state index in [1.807, 2.05) is 7.05 Å². The summed E-state index contributed by atoms with van der Waals surface area (Å²) in [6.07, 6.45) is 4.49. The van der Waals surface area contributed by atoms with Gasteiger partial charge in [-0.3, -0.25) is 4.90 Å². The van der Waals surface area contributed by atoms with Gasteiger partial charge in [0.2, 0.25) is 0 Å². The first kappa shape index (κ1) is 13.9. The Balaban J connectivity index is 1.69. The summed E-state index contributed by atoms with van der Waals surface area (Å²) in [6.45, 7) is 0.313. The number of rotatable bonds is 3. The van der Waals surface area contributed by atoms with E-state index in [-0.39, 0.29) is 5.56 Å². The molecule has 2 saturated heterocycles. The van der Waals surface area contributed by atoms with E-state index in [4.69, 9.17) is 0 Å². The summed E-state index contributed by atoms with van der Waals surface area (Å²) in [5.41, 5.74) is 0.220. The summed E-state index contributed by atoms with van der Waals surface area (Å²) >= 11 is 0. The molecule has 5 heteroatoms. The highest BCUT2D eigenvalue weighted by atomic mass is 19.2. The lowest BCUT2D eigenvalue weighted by molar-refractivity contribution is 0.164. The maximum absolute atomic E-state index is 13.7. The molecule has 0 saturated carbocycles. The minimum absolute atomic E-state index is 0.220. The standard InChI is InChI=1S/C15H19F3N2/c1-20(12-5-10-2-3-11(6-12)19-10)8-9-4-14(17)15(18)7-13(9)16/h4,7,10-12,19H,2-3,5-6,8H2,1H3. The fraction of sp³-hybridized carbons (Fsp3) is 0.600. The van der Waals surface area contributed by atoms with Gasteiger partial charge in [-0.2, -0.15) is 0 Å². The lowest BCUT2D eigenvalue weighted by atomic mass is 9.98. The number of piperidine rings is 1. The third kappa shape index (κ3) is 2.69. The van der Waals surface area contributed by atoms with Gasteiger partial charge in [0, 0.05) is 36.3 Å². The first-order valence-corrected chi connectivity index (χ1v) is 7.12. The Kier molecular flexibility index (Phi) is 3.73. The zero-order chi connectivity index (χ0) is 14.3. The van der Waals surface area contributed by atoms with Crippen molar-refractivity contribution in [1.82, 2.24) is 10.2 Å². The fourth-order valence-electron chi connectivity index (χ4n) is 3.47. The van der Waals surface area contributed by atoms with Crippen LogP contribution in [-0.2, 0) is 6.54 Å². The van der Waals surface area contributed by atoms with E-state index in [0.29, 0.717) is 30.7 Å². The van der Waals surface area contributed by atoms with Crippen molar-refractivity contribution in [1.29, 1.82) is 0 Å². The number of hydrogen-bond acceptors (Lipinski definition) is 2. The Morgan fingerprint density at radius 3 is 2.30 bits per heavy atom. The van der Waals surface area contributed by atoms with Crippen LogP contribution in [0.2, 0.25) is 0 Å². The molecule has 2 nitrogen and oxygen atoms in total. The van der Waals surface area contributed by atoms with E-state index in [1.165, 1.54) is 12.8 Å². The highest BCUT2D eigenvalue weighted by Gasteiger charge is 2.35. The second-order valence-electron chi connectivity index (χ2n) is 6.04. The van der Waals surface area contributed by atoms with Gasteiger partial charge in [0.1, 0.15) is 5.82 Å². The van der Waals surface area contributed by atoms with Crippen molar-refractivity contribution in [2.24, 2.45) is 0 Å². The molecule has 2 atom stereocenters. The van der Waals surface area contributed by atoms with Gasteiger partial charge in [-0.15, -0.1) is 0 Å². The molecule has 0 radical (unpaired) electrons. The summed E-state index contributed by atoms with van der Waals surface area (Å²) in [4.78, 5) is 2.06. The number of halogens is 3. The molecule has 1 aromatic rings. The van der Waals surface area contributed by atoms with Crippen molar-refractivity contribution < 1.29 is 13.2 Å². The Hall–Kier alpha value is -1.07. The fourth-order valence-corrected chi connectivity index (χ4v) is 3.47. The normalized spacial score (nSPS) is 29.1. The molecule has 2 aliphatic heterocycles. The van der Waals surface area contributed by atoms with Crippen LogP contribution in [0.5, 0.6) is 0 Å². The predicted octanol–water partition coefficient (Wildman–Crippen LogP) is 2.82. The van der Waals surface area contributed by atoms with Gasteiger partial charge in [0.15, 0.2) is 11.6 Å². The van der Waals surface area contributed by atoms with E-state index < -0.39 is 17.5 Å². The summed E-state index contributed by atoms with van der Waals surface area (Å²) in [5, 5.41) is 3.56. The molecule has 3 rings (SSSR count). The van der Waals surface area contributed by atoms with Gasteiger partial charge in [-0.25, -0.2) is 13.2 Å². The van der Waals surface area contributed by atoms with Crippen LogP contribution in [-0.4, -0.2) is 30.1 Å². The van der Waals surface area contributed by atoms with Crippen LogP contribution in [0.4, 0.5) is 13.2 Å². The van der Waals surface area contributed by atoms with Crippen molar-refractivity contribution in [3.63, 3.8) is 0 Å². The predicted molar refractivity (Wildman–Crippen MR) is 70.8 cm³/mol. The molecular weight excluding hydrogens is 265 g/mol. The number of nitrogens with one attached hydrogen (secondary N) is 1. The van der Waals surface area contributed by atoms with Crippen LogP contribution >= 0.6 is 0 Å². The summed E-state index contributed by atoms with van der Waals surface area (Å²) in [7, 11) is 1.93. The number of fused-ring (bicyclic) bond motifs is 2. The molecule has 0 amide bonds. The molecule has 0 aromatic heterocycles. The molecule has 0 spiro atoms. The smallest absolute Gasteiger partial charge is 0.161 e. The van der Waals surface area contributed by atoms with Gasteiger partial charge < -0.3 is 5.32 Å². The molecule has 20 heavy (non-hydrogen) atoms. The van der Waals surface area contributed by atoms with Crippen LogP contribution in [0.25, 0.3) is 0 Å². The molecule has 2 bridgehead atoms.